The lowest BCUT2D eigenvalue weighted by Gasteiger charge is -2.39. The van der Waals surface area contributed by atoms with Crippen LogP contribution in [0.1, 0.15) is 58.6 Å². The van der Waals surface area contributed by atoms with Crippen LogP contribution in [-0.2, 0) is 9.59 Å². The molecule has 7 nitrogen and oxygen atoms in total. The Morgan fingerprint density at radius 3 is 2.71 bits per heavy atom. The Balaban J connectivity index is 1.42. The van der Waals surface area contributed by atoms with Gasteiger partial charge in [0.05, 0.1) is 11.1 Å². The first kappa shape index (κ1) is 22.2. The van der Waals surface area contributed by atoms with Crippen molar-refractivity contribution in [2.75, 3.05) is 6.54 Å². The molecule has 9 heteroatoms. The van der Waals surface area contributed by atoms with Crippen LogP contribution in [0.3, 0.4) is 0 Å². The van der Waals surface area contributed by atoms with Gasteiger partial charge in [0.15, 0.2) is 5.96 Å². The second-order valence-electron chi connectivity index (χ2n) is 10.1. The number of hydrogen-bond donors (Lipinski definition) is 3. The summed E-state index contributed by atoms with van der Waals surface area (Å²) in [5, 5.41) is 15.3. The Morgan fingerprint density at radius 2 is 2.03 bits per heavy atom. The van der Waals surface area contributed by atoms with Crippen molar-refractivity contribution in [3.8, 4) is 5.75 Å². The largest absolute Gasteiger partial charge is 0.486 e. The normalized spacial score (nSPS) is 28.3. The fourth-order valence-corrected chi connectivity index (χ4v) is 5.05. The van der Waals surface area contributed by atoms with Crippen molar-refractivity contribution in [3.63, 3.8) is 0 Å². The first-order valence-corrected chi connectivity index (χ1v) is 11.3. The van der Waals surface area contributed by atoms with Crippen LogP contribution in [-0.4, -0.2) is 40.4 Å². The lowest BCUT2D eigenvalue weighted by molar-refractivity contribution is -0.131. The number of benzene rings is 1. The van der Waals surface area contributed by atoms with E-state index < -0.39 is 11.1 Å². The molecule has 1 aromatic carbocycles. The maximum atomic E-state index is 13.0. The molecule has 4 rings (SSSR count). The lowest BCUT2D eigenvalue weighted by atomic mass is 9.89. The molecule has 1 saturated carbocycles. The number of carbonyl (C=O) groups is 2. The van der Waals surface area contributed by atoms with Gasteiger partial charge in [-0.2, -0.15) is 0 Å². The van der Waals surface area contributed by atoms with E-state index in [1.54, 1.807) is 12.1 Å². The van der Waals surface area contributed by atoms with Gasteiger partial charge in [-0.3, -0.25) is 19.9 Å². The third-order valence-electron chi connectivity index (χ3n) is 6.10. The summed E-state index contributed by atoms with van der Waals surface area (Å²) in [4.78, 5) is 26.9. The van der Waals surface area contributed by atoms with Crippen molar-refractivity contribution in [1.82, 2.24) is 15.5 Å². The molecule has 3 atom stereocenters. The van der Waals surface area contributed by atoms with Gasteiger partial charge in [-0.1, -0.05) is 23.2 Å². The average Bonchev–Trinajstić information content (AvgIpc) is 3.37. The molecule has 0 spiro atoms. The lowest BCUT2D eigenvalue weighted by Crippen LogP contribution is -2.60. The van der Waals surface area contributed by atoms with E-state index in [1.807, 2.05) is 27.7 Å². The molecule has 2 fully saturated rings. The second-order valence-corrected chi connectivity index (χ2v) is 10.9. The van der Waals surface area contributed by atoms with E-state index in [4.69, 9.17) is 33.3 Å². The van der Waals surface area contributed by atoms with Crippen LogP contribution < -0.4 is 15.4 Å². The van der Waals surface area contributed by atoms with Gasteiger partial charge in [-0.25, -0.2) is 0 Å². The number of nitrogens with zero attached hydrogens (tertiary/aromatic N) is 1. The van der Waals surface area contributed by atoms with Crippen molar-refractivity contribution >= 4 is 41.0 Å². The summed E-state index contributed by atoms with van der Waals surface area (Å²) < 4.78 is 6.04. The van der Waals surface area contributed by atoms with Crippen molar-refractivity contribution < 1.29 is 14.3 Å². The maximum absolute atomic E-state index is 13.0. The number of fused-ring (bicyclic) bond motifs is 1. The highest BCUT2D eigenvalue weighted by Crippen LogP contribution is 2.46. The third-order valence-corrected chi connectivity index (χ3v) is 6.60. The van der Waals surface area contributed by atoms with Crippen molar-refractivity contribution in [2.45, 2.75) is 64.1 Å². The van der Waals surface area contributed by atoms with Crippen molar-refractivity contribution in [1.29, 1.82) is 5.41 Å². The minimum Gasteiger partial charge on any atom is -0.486 e. The molecule has 1 aromatic rings. The number of guanidine groups is 1. The van der Waals surface area contributed by atoms with E-state index >= 15 is 0 Å². The average molecular weight is 467 g/mol. The van der Waals surface area contributed by atoms with Crippen LogP contribution in [0.25, 0.3) is 0 Å². The number of halogens is 2. The van der Waals surface area contributed by atoms with Gasteiger partial charge < -0.3 is 15.4 Å². The number of carbonyl (C=O) groups excluding carboxylic acids is 2. The van der Waals surface area contributed by atoms with Crippen LogP contribution in [0.2, 0.25) is 10.0 Å². The van der Waals surface area contributed by atoms with Crippen LogP contribution >= 0.6 is 23.2 Å². The molecule has 0 bridgehead atoms. The van der Waals surface area contributed by atoms with E-state index in [0.717, 1.165) is 5.56 Å². The Kier molecular flexibility index (Phi) is 5.41. The van der Waals surface area contributed by atoms with Crippen LogP contribution in [0.4, 0.5) is 0 Å². The zero-order valence-electron chi connectivity index (χ0n) is 18.1. The molecule has 3 aliphatic rings. The maximum Gasteiger partial charge on any atom is 0.231 e. The minimum absolute atomic E-state index is 0.0441. The molecule has 31 heavy (non-hydrogen) atoms. The molecule has 0 aromatic heterocycles. The molecule has 2 aliphatic heterocycles. The molecular weight excluding hydrogens is 439 g/mol. The zero-order valence-corrected chi connectivity index (χ0v) is 19.7. The summed E-state index contributed by atoms with van der Waals surface area (Å²) >= 11 is 12.5. The highest BCUT2D eigenvalue weighted by molar-refractivity contribution is 6.35. The first-order chi connectivity index (χ1) is 14.3. The summed E-state index contributed by atoms with van der Waals surface area (Å²) in [7, 11) is 0. The predicted octanol–water partition coefficient (Wildman–Crippen LogP) is 3.88. The SMILES string of the molecule is CC1(C)CC(=O)N(C[C@@H]2C[C@H]2C(=O)NC2CC(C)(C)Oc3c(Cl)cc(Cl)cc32)C(=N)N1. The quantitative estimate of drug-likeness (QED) is 0.627. The Morgan fingerprint density at radius 1 is 1.32 bits per heavy atom. The second kappa shape index (κ2) is 7.55. The molecule has 168 valence electrons. The number of amides is 2. The highest BCUT2D eigenvalue weighted by atomic mass is 35.5. The van der Waals surface area contributed by atoms with Crippen molar-refractivity contribution in [3.05, 3.63) is 27.7 Å². The number of rotatable bonds is 4. The first-order valence-electron chi connectivity index (χ1n) is 10.5. The zero-order chi connectivity index (χ0) is 22.7. The molecular formula is C22H28Cl2N4O3. The fraction of sp³-hybridized carbons (Fsp3) is 0.591. The number of hydrogen-bond acceptors (Lipinski definition) is 4. The van der Waals surface area contributed by atoms with Gasteiger partial charge in [-0.15, -0.1) is 0 Å². The van der Waals surface area contributed by atoms with Gasteiger partial charge >= 0.3 is 0 Å². The number of nitrogens with one attached hydrogen (secondary N) is 3. The smallest absolute Gasteiger partial charge is 0.231 e. The molecule has 3 N–H and O–H groups in total. The van der Waals surface area contributed by atoms with E-state index in [1.165, 1.54) is 4.90 Å². The van der Waals surface area contributed by atoms with Gasteiger partial charge in [0, 0.05) is 41.4 Å². The summed E-state index contributed by atoms with van der Waals surface area (Å²) in [6, 6.07) is 3.16. The Hall–Kier alpha value is -1.99. The van der Waals surface area contributed by atoms with Gasteiger partial charge in [0.1, 0.15) is 11.4 Å². The Labute approximate surface area is 192 Å². The summed E-state index contributed by atoms with van der Waals surface area (Å²) in [5.41, 5.74) is -0.127. The molecule has 1 saturated heterocycles. The topological polar surface area (TPSA) is 94.5 Å². The summed E-state index contributed by atoms with van der Waals surface area (Å²) in [6.07, 6.45) is 1.62. The summed E-state index contributed by atoms with van der Waals surface area (Å²) in [5.74, 6) is 0.392. The molecule has 2 heterocycles. The highest BCUT2D eigenvalue weighted by Gasteiger charge is 2.47. The third kappa shape index (κ3) is 4.62. The predicted molar refractivity (Wildman–Crippen MR) is 120 cm³/mol. The van der Waals surface area contributed by atoms with Gasteiger partial charge in [0.2, 0.25) is 11.8 Å². The van der Waals surface area contributed by atoms with Crippen LogP contribution in [0, 0.1) is 17.2 Å². The molecule has 0 radical (unpaired) electrons. The molecule has 1 aliphatic carbocycles. The standard InChI is InChI=1S/C22H28Cl2N4O3/c1-21(2)9-17(29)28(20(25)27-21)10-11-5-13(11)19(30)26-16-8-22(3,4)31-18-14(16)6-12(23)7-15(18)24/h6-7,11,13,16H,5,8-10H2,1-4H3,(H2,25,27)(H,26,30)/t11-,13+,16?/m0/s1. The van der Waals surface area contributed by atoms with Gasteiger partial charge in [-0.05, 0) is 52.2 Å². The van der Waals surface area contributed by atoms with E-state index in [0.29, 0.717) is 41.6 Å². The Bertz CT molecular complexity index is 942. The fourth-order valence-electron chi connectivity index (χ4n) is 4.50. The monoisotopic (exact) mass is 466 g/mol. The molecule has 1 unspecified atom stereocenters. The molecule has 2 amide bonds. The van der Waals surface area contributed by atoms with Crippen LogP contribution in [0.15, 0.2) is 12.1 Å². The minimum atomic E-state index is -0.487. The van der Waals surface area contributed by atoms with Crippen molar-refractivity contribution in [2.24, 2.45) is 11.8 Å². The van der Waals surface area contributed by atoms with E-state index in [2.05, 4.69) is 10.6 Å². The van der Waals surface area contributed by atoms with E-state index in [9.17, 15) is 9.59 Å². The number of ether oxygens (including phenoxy) is 1. The van der Waals surface area contributed by atoms with Gasteiger partial charge in [0.25, 0.3) is 0 Å². The van der Waals surface area contributed by atoms with E-state index in [-0.39, 0.29) is 35.7 Å². The summed E-state index contributed by atoms with van der Waals surface area (Å²) in [6.45, 7) is 8.10. The van der Waals surface area contributed by atoms with Crippen LogP contribution in [0.5, 0.6) is 5.75 Å².